The number of nitrogens with zero attached hydrogens (tertiary/aromatic N) is 4. The van der Waals surface area contributed by atoms with Gasteiger partial charge in [-0.3, -0.25) is 9.97 Å². The van der Waals surface area contributed by atoms with E-state index >= 15 is 0 Å². The van der Waals surface area contributed by atoms with E-state index in [0.717, 1.165) is 58.4 Å². The minimum absolute atomic E-state index is 0. The summed E-state index contributed by atoms with van der Waals surface area (Å²) in [5.74, 6) is 2.66. The summed E-state index contributed by atoms with van der Waals surface area (Å²) in [7, 11) is 0. The Labute approximate surface area is 310 Å². The summed E-state index contributed by atoms with van der Waals surface area (Å²) < 4.78 is 21.1. The van der Waals surface area contributed by atoms with Crippen molar-refractivity contribution in [2.75, 3.05) is 33.0 Å². The van der Waals surface area contributed by atoms with E-state index in [9.17, 15) is 0 Å². The average Bonchev–Trinajstić information content (AvgIpc) is 3.77. The first-order valence-electron chi connectivity index (χ1n) is 16.9. The molecule has 263 valence electrons. The van der Waals surface area contributed by atoms with E-state index in [2.05, 4.69) is 97.0 Å². The molecule has 7 nitrogen and oxygen atoms in total. The van der Waals surface area contributed by atoms with Crippen molar-refractivity contribution in [2.24, 2.45) is 0 Å². The van der Waals surface area contributed by atoms with Crippen LogP contribution in [0.15, 0.2) is 97.6 Å². The molecule has 50 heavy (non-hydrogen) atoms. The van der Waals surface area contributed by atoms with Crippen molar-refractivity contribution in [3.05, 3.63) is 138 Å². The number of ether oxygens (including phenoxy) is 3. The summed E-state index contributed by atoms with van der Waals surface area (Å²) in [6.45, 7) is 15.8. The summed E-state index contributed by atoms with van der Waals surface area (Å²) in [5, 5.41) is 0. The van der Waals surface area contributed by atoms with Crippen LogP contribution in [0.5, 0.6) is 5.75 Å². The standard InChI is InChI=1S/C24H29N2O3.C18H17N2.Ir/c1-4-12-27-13-14-28-15-16-29-22-17-19(2)23(20(3)18-22)26-11-10-25-24(26)21-8-6-5-7-9-21;1-13-11-14(2)17(15(3)12-13)20-10-9-19-18(20)16-7-5-4-6-8-16;/h5-8,10-11,17-18H,4,12-16H2,1-3H3;4-7,9-12H,1-3H3;/q2*-1;. The third kappa shape index (κ3) is 9.89. The molecule has 8 heteroatoms. The molecule has 0 spiro atoms. The predicted octanol–water partition coefficient (Wildman–Crippen LogP) is 9.04. The molecular formula is C42H46IrN4O3-2. The van der Waals surface area contributed by atoms with Crippen molar-refractivity contribution in [2.45, 2.75) is 48.0 Å². The number of imidazole rings is 2. The molecule has 0 fully saturated rings. The molecule has 0 unspecified atom stereocenters. The van der Waals surface area contributed by atoms with Gasteiger partial charge in [-0.2, -0.15) is 0 Å². The van der Waals surface area contributed by atoms with E-state index in [1.54, 1.807) is 0 Å². The zero-order valence-electron chi connectivity index (χ0n) is 29.8. The molecule has 2 heterocycles. The molecule has 0 aliphatic carbocycles. The molecule has 6 rings (SSSR count). The smallest absolute Gasteiger partial charge is 0.120 e. The van der Waals surface area contributed by atoms with Crippen molar-refractivity contribution in [1.29, 1.82) is 0 Å². The Hall–Kier alpha value is -4.33. The van der Waals surface area contributed by atoms with Crippen LogP contribution in [-0.4, -0.2) is 52.1 Å². The number of aryl methyl sites for hydroxylation is 5. The molecule has 0 N–H and O–H groups in total. The Kier molecular flexibility index (Phi) is 14.7. The van der Waals surface area contributed by atoms with Gasteiger partial charge < -0.3 is 23.3 Å². The van der Waals surface area contributed by atoms with Gasteiger partial charge in [0.2, 0.25) is 0 Å². The normalized spacial score (nSPS) is 10.7. The maximum Gasteiger partial charge on any atom is 0.120 e. The first-order chi connectivity index (χ1) is 23.9. The monoisotopic (exact) mass is 847 g/mol. The predicted molar refractivity (Wildman–Crippen MR) is 197 cm³/mol. The van der Waals surface area contributed by atoms with Gasteiger partial charge in [-0.1, -0.05) is 24.6 Å². The molecule has 0 amide bonds. The topological polar surface area (TPSA) is 63.3 Å². The van der Waals surface area contributed by atoms with Crippen molar-refractivity contribution in [3.63, 3.8) is 0 Å². The third-order valence-corrected chi connectivity index (χ3v) is 7.98. The van der Waals surface area contributed by atoms with Crippen LogP contribution in [-0.2, 0) is 29.6 Å². The molecule has 0 atom stereocenters. The zero-order chi connectivity index (χ0) is 34.6. The molecular weight excluding hydrogens is 801 g/mol. The van der Waals surface area contributed by atoms with Crippen molar-refractivity contribution >= 4 is 0 Å². The third-order valence-electron chi connectivity index (χ3n) is 7.98. The second-order valence-electron chi connectivity index (χ2n) is 12.0. The van der Waals surface area contributed by atoms with Crippen LogP contribution < -0.4 is 4.74 Å². The molecule has 1 radical (unpaired) electrons. The van der Waals surface area contributed by atoms with Crippen LogP contribution in [0.25, 0.3) is 34.2 Å². The fourth-order valence-corrected chi connectivity index (χ4v) is 6.05. The van der Waals surface area contributed by atoms with E-state index < -0.39 is 0 Å². The Balaban J connectivity index is 0.000000234. The van der Waals surface area contributed by atoms with Crippen molar-refractivity contribution in [1.82, 2.24) is 19.1 Å². The SMILES string of the molecule is CCCOCCOCCOc1cc(C)c(-n2ccnc2-c2[c-]cccc2)c(C)c1.Cc1cc(C)c(-n2ccnc2-c2[c-]cccc2)c(C)c1.[Ir]. The van der Waals surface area contributed by atoms with E-state index in [1.165, 1.54) is 22.4 Å². The van der Waals surface area contributed by atoms with E-state index in [4.69, 9.17) is 14.2 Å². The minimum Gasteiger partial charge on any atom is -0.491 e. The fraction of sp³-hybridized carbons (Fsp3) is 0.286. The van der Waals surface area contributed by atoms with Gasteiger partial charge in [0.25, 0.3) is 0 Å². The molecule has 2 aromatic heterocycles. The maximum atomic E-state index is 5.89. The zero-order valence-corrected chi connectivity index (χ0v) is 32.2. The van der Waals surface area contributed by atoms with Gasteiger partial charge in [0.05, 0.1) is 31.5 Å². The van der Waals surface area contributed by atoms with Crippen LogP contribution in [0.4, 0.5) is 0 Å². The van der Waals surface area contributed by atoms with Gasteiger partial charge in [-0.25, -0.2) is 0 Å². The van der Waals surface area contributed by atoms with Crippen LogP contribution >= 0.6 is 0 Å². The Morgan fingerprint density at radius 1 is 0.600 bits per heavy atom. The number of aromatic nitrogens is 4. The Morgan fingerprint density at radius 3 is 1.52 bits per heavy atom. The van der Waals surface area contributed by atoms with E-state index in [1.807, 2.05) is 73.3 Å². The van der Waals surface area contributed by atoms with Crippen LogP contribution in [0, 0.1) is 46.8 Å². The number of hydrogen-bond acceptors (Lipinski definition) is 5. The van der Waals surface area contributed by atoms with Gasteiger partial charge in [0.15, 0.2) is 0 Å². The first-order valence-corrected chi connectivity index (χ1v) is 16.9. The largest absolute Gasteiger partial charge is 0.491 e. The molecule has 4 aromatic carbocycles. The molecule has 0 saturated carbocycles. The van der Waals surface area contributed by atoms with Gasteiger partial charge in [-0.15, -0.1) is 71.8 Å². The second-order valence-corrected chi connectivity index (χ2v) is 12.0. The fourth-order valence-electron chi connectivity index (χ4n) is 6.05. The van der Waals surface area contributed by atoms with Crippen molar-refractivity contribution < 1.29 is 34.3 Å². The quantitative estimate of drug-likeness (QED) is 0.0859. The van der Waals surface area contributed by atoms with Gasteiger partial charge in [0.1, 0.15) is 12.4 Å². The summed E-state index contributed by atoms with van der Waals surface area (Å²) in [4.78, 5) is 9.04. The van der Waals surface area contributed by atoms with Gasteiger partial charge in [0, 0.05) is 62.9 Å². The molecule has 0 aliphatic heterocycles. The number of benzene rings is 4. The summed E-state index contributed by atoms with van der Waals surface area (Å²) in [6.07, 6.45) is 8.69. The van der Waals surface area contributed by atoms with Crippen molar-refractivity contribution in [3.8, 4) is 39.9 Å². The Morgan fingerprint density at radius 2 is 1.06 bits per heavy atom. The molecule has 6 aromatic rings. The number of hydrogen-bond donors (Lipinski definition) is 0. The van der Waals surface area contributed by atoms with Crippen LogP contribution in [0.1, 0.15) is 41.2 Å². The summed E-state index contributed by atoms with van der Waals surface area (Å²) in [5.41, 5.74) is 10.4. The summed E-state index contributed by atoms with van der Waals surface area (Å²) in [6, 6.07) is 30.9. The molecule has 0 bridgehead atoms. The Bertz CT molecular complexity index is 1870. The van der Waals surface area contributed by atoms with Gasteiger partial charge >= 0.3 is 0 Å². The molecule has 0 saturated heterocycles. The van der Waals surface area contributed by atoms with Gasteiger partial charge in [-0.05, 0) is 75.4 Å². The van der Waals surface area contributed by atoms with Crippen LogP contribution in [0.3, 0.4) is 0 Å². The number of rotatable bonds is 13. The maximum absolute atomic E-state index is 5.89. The molecule has 0 aliphatic rings. The van der Waals surface area contributed by atoms with E-state index in [0.29, 0.717) is 26.4 Å². The second kappa shape index (κ2) is 19.2. The average molecular weight is 847 g/mol. The van der Waals surface area contributed by atoms with Crippen LogP contribution in [0.2, 0.25) is 0 Å². The minimum atomic E-state index is 0. The first kappa shape index (κ1) is 38.5. The van der Waals surface area contributed by atoms with E-state index in [-0.39, 0.29) is 20.1 Å². The summed E-state index contributed by atoms with van der Waals surface area (Å²) >= 11 is 0.